The van der Waals surface area contributed by atoms with Gasteiger partial charge in [0.25, 0.3) is 0 Å². The van der Waals surface area contributed by atoms with Crippen LogP contribution >= 0.6 is 0 Å². The van der Waals surface area contributed by atoms with Crippen molar-refractivity contribution in [3.8, 4) is 0 Å². The maximum Gasteiger partial charge on any atom is 0.248 e. The van der Waals surface area contributed by atoms with Gasteiger partial charge in [0.05, 0.1) is 33.0 Å². The highest BCUT2D eigenvalue weighted by atomic mass is 16.5. The summed E-state index contributed by atoms with van der Waals surface area (Å²) < 4.78 is 15.6. The fraction of sp³-hybridized carbons (Fsp3) is 0.636. The second kappa shape index (κ2) is 14.9. The van der Waals surface area contributed by atoms with E-state index in [1.807, 2.05) is 23.1 Å². The van der Waals surface area contributed by atoms with E-state index in [9.17, 15) is 9.59 Å². The van der Waals surface area contributed by atoms with Crippen LogP contribution in [0.2, 0.25) is 0 Å². The van der Waals surface area contributed by atoms with Crippen LogP contribution in [0.5, 0.6) is 0 Å². The third-order valence-electron chi connectivity index (χ3n) is 4.92. The van der Waals surface area contributed by atoms with Crippen LogP contribution < -0.4 is 5.32 Å². The van der Waals surface area contributed by atoms with Crippen molar-refractivity contribution < 1.29 is 23.8 Å². The third kappa shape index (κ3) is 10.2. The van der Waals surface area contributed by atoms with Crippen LogP contribution in [0.1, 0.15) is 12.0 Å². The van der Waals surface area contributed by atoms with Crippen LogP contribution in [-0.4, -0.2) is 101 Å². The van der Waals surface area contributed by atoms with Crippen LogP contribution in [0.4, 0.5) is 0 Å². The Bertz CT molecular complexity index is 614. The van der Waals surface area contributed by atoms with Crippen LogP contribution in [0.25, 0.3) is 0 Å². The molecule has 1 aliphatic heterocycles. The number of carbonyl (C=O) groups is 2. The molecule has 0 atom stereocenters. The first-order chi connectivity index (χ1) is 14.7. The molecule has 8 nitrogen and oxygen atoms in total. The number of carbonyl (C=O) groups excluding carboxylic acids is 2. The Hall–Kier alpha value is -2.00. The van der Waals surface area contributed by atoms with E-state index in [1.165, 1.54) is 5.56 Å². The molecule has 0 radical (unpaired) electrons. The Morgan fingerprint density at radius 1 is 0.967 bits per heavy atom. The van der Waals surface area contributed by atoms with Gasteiger partial charge in [-0.15, -0.1) is 0 Å². The first kappa shape index (κ1) is 24.3. The topological polar surface area (TPSA) is 80.3 Å². The van der Waals surface area contributed by atoms with Gasteiger partial charge < -0.3 is 24.4 Å². The largest absolute Gasteiger partial charge is 0.382 e. The molecular weight excluding hydrogens is 386 g/mol. The van der Waals surface area contributed by atoms with Crippen molar-refractivity contribution in [3.05, 3.63) is 35.9 Å². The molecule has 168 valence electrons. The van der Waals surface area contributed by atoms with Crippen molar-refractivity contribution in [3.63, 3.8) is 0 Å². The number of rotatable bonds is 13. The molecule has 1 saturated heterocycles. The van der Waals surface area contributed by atoms with E-state index in [4.69, 9.17) is 14.2 Å². The number of nitrogens with zero attached hydrogens (tertiary/aromatic N) is 2. The molecule has 8 heteroatoms. The zero-order chi connectivity index (χ0) is 21.4. The van der Waals surface area contributed by atoms with Gasteiger partial charge >= 0.3 is 0 Å². The summed E-state index contributed by atoms with van der Waals surface area (Å²) in [6.07, 6.45) is 1.68. The summed E-state index contributed by atoms with van der Waals surface area (Å²) >= 11 is 0. The fourth-order valence-corrected chi connectivity index (χ4v) is 3.24. The van der Waals surface area contributed by atoms with Crippen LogP contribution in [0, 0.1) is 0 Å². The molecule has 1 aliphatic rings. The third-order valence-corrected chi connectivity index (χ3v) is 4.92. The van der Waals surface area contributed by atoms with Gasteiger partial charge in [-0.3, -0.25) is 14.5 Å². The lowest BCUT2D eigenvalue weighted by atomic mass is 10.1. The van der Waals surface area contributed by atoms with Crippen LogP contribution in [-0.2, 0) is 30.2 Å². The zero-order valence-corrected chi connectivity index (χ0v) is 18.0. The van der Waals surface area contributed by atoms with Crippen LogP contribution in [0.15, 0.2) is 30.3 Å². The summed E-state index contributed by atoms with van der Waals surface area (Å²) in [5.41, 5.74) is 1.21. The molecule has 2 amide bonds. The molecule has 1 heterocycles. The van der Waals surface area contributed by atoms with Gasteiger partial charge in [0, 0.05) is 39.8 Å². The minimum absolute atomic E-state index is 0.0129. The summed E-state index contributed by atoms with van der Waals surface area (Å²) in [6, 6.07) is 10.1. The molecule has 1 aromatic rings. The van der Waals surface area contributed by atoms with Gasteiger partial charge in [-0.2, -0.15) is 0 Å². The first-order valence-corrected chi connectivity index (χ1v) is 10.6. The van der Waals surface area contributed by atoms with E-state index in [0.29, 0.717) is 59.2 Å². The van der Waals surface area contributed by atoms with E-state index in [2.05, 4.69) is 22.3 Å². The van der Waals surface area contributed by atoms with Crippen molar-refractivity contribution in [2.45, 2.75) is 12.8 Å². The number of methoxy groups -OCH3 is 1. The minimum atomic E-state index is -0.0129. The summed E-state index contributed by atoms with van der Waals surface area (Å²) in [5.74, 6) is 0.0172. The number of ether oxygens (including phenoxy) is 3. The second-order valence-electron chi connectivity index (χ2n) is 7.25. The molecule has 1 fully saturated rings. The standard InChI is InChI=1S/C22H35N3O5/c1-28-14-15-29-16-17-30-19-22(27)25-11-5-10-24(12-13-25)18-21(26)23-9-8-20-6-3-2-4-7-20/h2-4,6-7H,5,8-19H2,1H3,(H,23,26). The van der Waals surface area contributed by atoms with Gasteiger partial charge in [0.15, 0.2) is 0 Å². The first-order valence-electron chi connectivity index (χ1n) is 10.6. The average molecular weight is 422 g/mol. The quantitative estimate of drug-likeness (QED) is 0.469. The Balaban J connectivity index is 1.57. The Labute approximate surface area is 179 Å². The molecule has 1 aromatic carbocycles. The number of amides is 2. The monoisotopic (exact) mass is 421 g/mol. The Morgan fingerprint density at radius 2 is 1.73 bits per heavy atom. The smallest absolute Gasteiger partial charge is 0.248 e. The lowest BCUT2D eigenvalue weighted by molar-refractivity contribution is -0.136. The average Bonchev–Trinajstić information content (AvgIpc) is 2.99. The highest BCUT2D eigenvalue weighted by Gasteiger charge is 2.20. The number of benzene rings is 1. The normalized spacial score (nSPS) is 15.0. The zero-order valence-electron chi connectivity index (χ0n) is 18.0. The van der Waals surface area contributed by atoms with E-state index >= 15 is 0 Å². The number of nitrogens with one attached hydrogen (secondary N) is 1. The van der Waals surface area contributed by atoms with Crippen molar-refractivity contribution in [1.29, 1.82) is 0 Å². The molecule has 1 N–H and O–H groups in total. The van der Waals surface area contributed by atoms with Gasteiger partial charge in [-0.1, -0.05) is 30.3 Å². The van der Waals surface area contributed by atoms with E-state index in [0.717, 1.165) is 19.4 Å². The summed E-state index contributed by atoms with van der Waals surface area (Å²) in [6.45, 7) is 5.78. The van der Waals surface area contributed by atoms with Crippen molar-refractivity contribution in [2.75, 3.05) is 79.4 Å². The van der Waals surface area contributed by atoms with Crippen molar-refractivity contribution in [1.82, 2.24) is 15.1 Å². The molecule has 30 heavy (non-hydrogen) atoms. The Morgan fingerprint density at radius 3 is 2.53 bits per heavy atom. The van der Waals surface area contributed by atoms with Gasteiger partial charge in [0.1, 0.15) is 6.61 Å². The van der Waals surface area contributed by atoms with E-state index in [-0.39, 0.29) is 18.4 Å². The van der Waals surface area contributed by atoms with Crippen molar-refractivity contribution in [2.24, 2.45) is 0 Å². The van der Waals surface area contributed by atoms with E-state index in [1.54, 1.807) is 7.11 Å². The molecule has 2 rings (SSSR count). The maximum atomic E-state index is 12.3. The van der Waals surface area contributed by atoms with Crippen molar-refractivity contribution >= 4 is 11.8 Å². The van der Waals surface area contributed by atoms with Gasteiger partial charge in [-0.05, 0) is 18.4 Å². The molecular formula is C22H35N3O5. The predicted molar refractivity (Wildman–Crippen MR) is 114 cm³/mol. The SMILES string of the molecule is COCCOCCOCC(=O)N1CCCN(CC(=O)NCCc2ccccc2)CC1. The summed E-state index contributed by atoms with van der Waals surface area (Å²) in [7, 11) is 1.62. The molecule has 0 aromatic heterocycles. The predicted octanol–water partition coefficient (Wildman–Crippen LogP) is 0.559. The van der Waals surface area contributed by atoms with Gasteiger partial charge in [-0.25, -0.2) is 0 Å². The molecule has 0 saturated carbocycles. The maximum absolute atomic E-state index is 12.3. The highest BCUT2D eigenvalue weighted by Crippen LogP contribution is 2.04. The lowest BCUT2D eigenvalue weighted by Gasteiger charge is -2.21. The summed E-state index contributed by atoms with van der Waals surface area (Å²) in [5, 5.41) is 2.98. The second-order valence-corrected chi connectivity index (χ2v) is 7.25. The van der Waals surface area contributed by atoms with Crippen LogP contribution in [0.3, 0.4) is 0 Å². The molecule has 0 unspecified atom stereocenters. The minimum Gasteiger partial charge on any atom is -0.382 e. The molecule has 0 aliphatic carbocycles. The fourth-order valence-electron chi connectivity index (χ4n) is 3.24. The number of hydrogen-bond acceptors (Lipinski definition) is 6. The Kier molecular flexibility index (Phi) is 12.1. The molecule has 0 bridgehead atoms. The lowest BCUT2D eigenvalue weighted by Crippen LogP contribution is -2.41. The van der Waals surface area contributed by atoms with E-state index < -0.39 is 0 Å². The number of hydrogen-bond donors (Lipinski definition) is 1. The highest BCUT2D eigenvalue weighted by molar-refractivity contribution is 5.78. The summed E-state index contributed by atoms with van der Waals surface area (Å²) in [4.78, 5) is 28.5. The molecule has 0 spiro atoms. The van der Waals surface area contributed by atoms with Gasteiger partial charge in [0.2, 0.25) is 11.8 Å².